The van der Waals surface area contributed by atoms with Crippen molar-refractivity contribution in [3.63, 3.8) is 0 Å². The zero-order chi connectivity index (χ0) is 11.4. The van der Waals surface area contributed by atoms with Crippen LogP contribution in [0.25, 0.3) is 0 Å². The van der Waals surface area contributed by atoms with E-state index in [1.807, 2.05) is 0 Å². The van der Waals surface area contributed by atoms with Crippen molar-refractivity contribution in [3.05, 3.63) is 23.2 Å². The Kier molecular flexibility index (Phi) is 3.94. The standard InChI is InChI=1S/C13H17ClO2/c14-12-7-6-11(15)8-13(12)16-9-10-4-2-1-3-5-10/h6-8,10,15H,1-5,9H2. The van der Waals surface area contributed by atoms with Gasteiger partial charge in [0.25, 0.3) is 0 Å². The molecule has 0 spiro atoms. The molecule has 1 aliphatic carbocycles. The van der Waals surface area contributed by atoms with Crippen LogP contribution in [0.1, 0.15) is 32.1 Å². The summed E-state index contributed by atoms with van der Waals surface area (Å²) in [5.41, 5.74) is 0. The lowest BCUT2D eigenvalue weighted by atomic mass is 9.90. The quantitative estimate of drug-likeness (QED) is 0.865. The zero-order valence-corrected chi connectivity index (χ0v) is 10.0. The van der Waals surface area contributed by atoms with Crippen LogP contribution >= 0.6 is 11.6 Å². The highest BCUT2D eigenvalue weighted by atomic mass is 35.5. The molecule has 3 heteroatoms. The van der Waals surface area contributed by atoms with Crippen LogP contribution in [-0.4, -0.2) is 11.7 Å². The van der Waals surface area contributed by atoms with Gasteiger partial charge in [0.1, 0.15) is 11.5 Å². The molecule has 1 fully saturated rings. The zero-order valence-electron chi connectivity index (χ0n) is 9.29. The Labute approximate surface area is 101 Å². The van der Waals surface area contributed by atoms with Gasteiger partial charge < -0.3 is 9.84 Å². The van der Waals surface area contributed by atoms with Crippen LogP contribution in [-0.2, 0) is 0 Å². The van der Waals surface area contributed by atoms with Crippen LogP contribution in [0.4, 0.5) is 0 Å². The third kappa shape index (κ3) is 3.05. The van der Waals surface area contributed by atoms with E-state index in [2.05, 4.69) is 0 Å². The Bertz CT molecular complexity index is 346. The Morgan fingerprint density at radius 3 is 2.75 bits per heavy atom. The molecule has 1 aromatic rings. The highest BCUT2D eigenvalue weighted by Gasteiger charge is 2.14. The highest BCUT2D eigenvalue weighted by Crippen LogP contribution is 2.30. The van der Waals surface area contributed by atoms with E-state index < -0.39 is 0 Å². The normalized spacial score (nSPS) is 17.3. The number of benzene rings is 1. The lowest BCUT2D eigenvalue weighted by Crippen LogP contribution is -2.15. The third-order valence-corrected chi connectivity index (χ3v) is 3.43. The van der Waals surface area contributed by atoms with Gasteiger partial charge in [-0.3, -0.25) is 0 Å². The summed E-state index contributed by atoms with van der Waals surface area (Å²) in [5.74, 6) is 1.43. The molecule has 0 aromatic heterocycles. The molecule has 0 atom stereocenters. The van der Waals surface area contributed by atoms with Gasteiger partial charge in [-0.25, -0.2) is 0 Å². The van der Waals surface area contributed by atoms with E-state index in [4.69, 9.17) is 16.3 Å². The average molecular weight is 241 g/mol. The lowest BCUT2D eigenvalue weighted by Gasteiger charge is -2.21. The number of halogens is 1. The summed E-state index contributed by atoms with van der Waals surface area (Å²) in [7, 11) is 0. The first-order chi connectivity index (χ1) is 7.75. The summed E-state index contributed by atoms with van der Waals surface area (Å²) >= 11 is 5.98. The van der Waals surface area contributed by atoms with Crippen LogP contribution in [0.5, 0.6) is 11.5 Å². The molecule has 88 valence electrons. The predicted molar refractivity (Wildman–Crippen MR) is 65.2 cm³/mol. The molecular weight excluding hydrogens is 224 g/mol. The van der Waals surface area contributed by atoms with Gasteiger partial charge in [0.15, 0.2) is 0 Å². The highest BCUT2D eigenvalue weighted by molar-refractivity contribution is 6.32. The number of ether oxygens (including phenoxy) is 1. The van der Waals surface area contributed by atoms with Gasteiger partial charge in [-0.2, -0.15) is 0 Å². The van der Waals surface area contributed by atoms with E-state index in [0.29, 0.717) is 23.3 Å². The summed E-state index contributed by atoms with van der Waals surface area (Å²) in [6.45, 7) is 0.711. The fourth-order valence-electron chi connectivity index (χ4n) is 2.16. The third-order valence-electron chi connectivity index (χ3n) is 3.11. The van der Waals surface area contributed by atoms with Gasteiger partial charge >= 0.3 is 0 Å². The van der Waals surface area contributed by atoms with E-state index in [0.717, 1.165) is 0 Å². The molecule has 0 unspecified atom stereocenters. The maximum absolute atomic E-state index is 9.34. The van der Waals surface area contributed by atoms with Gasteiger partial charge in [-0.1, -0.05) is 30.9 Å². The van der Waals surface area contributed by atoms with Crippen molar-refractivity contribution in [2.24, 2.45) is 5.92 Å². The second kappa shape index (κ2) is 5.44. The summed E-state index contributed by atoms with van der Waals surface area (Å²) < 4.78 is 5.67. The van der Waals surface area contributed by atoms with E-state index in [1.165, 1.54) is 32.1 Å². The molecule has 0 aliphatic heterocycles. The summed E-state index contributed by atoms with van der Waals surface area (Å²) in [6.07, 6.45) is 6.46. The fraction of sp³-hybridized carbons (Fsp3) is 0.538. The maximum Gasteiger partial charge on any atom is 0.141 e. The second-order valence-corrected chi connectivity index (χ2v) is 4.84. The largest absolute Gasteiger partial charge is 0.508 e. The molecule has 0 radical (unpaired) electrons. The number of rotatable bonds is 3. The molecule has 0 saturated heterocycles. The van der Waals surface area contributed by atoms with Crippen LogP contribution in [0.3, 0.4) is 0 Å². The molecule has 0 heterocycles. The van der Waals surface area contributed by atoms with Crippen LogP contribution < -0.4 is 4.74 Å². The molecule has 1 aromatic carbocycles. The molecule has 0 amide bonds. The number of hydrogen-bond acceptors (Lipinski definition) is 2. The average Bonchev–Trinajstić information content (AvgIpc) is 2.32. The van der Waals surface area contributed by atoms with E-state index in [9.17, 15) is 5.11 Å². The molecule has 1 saturated carbocycles. The minimum Gasteiger partial charge on any atom is -0.508 e. The van der Waals surface area contributed by atoms with Crippen LogP contribution in [0.2, 0.25) is 5.02 Å². The van der Waals surface area contributed by atoms with Crippen molar-refractivity contribution in [3.8, 4) is 11.5 Å². The number of hydrogen-bond donors (Lipinski definition) is 1. The first-order valence-corrected chi connectivity index (χ1v) is 6.25. The number of phenolic OH excluding ortho intramolecular Hbond substituents is 1. The van der Waals surface area contributed by atoms with Crippen molar-refractivity contribution in [2.45, 2.75) is 32.1 Å². The monoisotopic (exact) mass is 240 g/mol. The summed E-state index contributed by atoms with van der Waals surface area (Å²) in [4.78, 5) is 0. The molecule has 1 aliphatic rings. The van der Waals surface area contributed by atoms with Gasteiger partial charge in [0.2, 0.25) is 0 Å². The van der Waals surface area contributed by atoms with Crippen molar-refractivity contribution in [2.75, 3.05) is 6.61 Å². The van der Waals surface area contributed by atoms with Gasteiger partial charge in [-0.15, -0.1) is 0 Å². The topological polar surface area (TPSA) is 29.5 Å². The predicted octanol–water partition coefficient (Wildman–Crippen LogP) is 4.00. The van der Waals surface area contributed by atoms with Crippen molar-refractivity contribution in [1.29, 1.82) is 0 Å². The van der Waals surface area contributed by atoms with E-state index >= 15 is 0 Å². The molecule has 16 heavy (non-hydrogen) atoms. The van der Waals surface area contributed by atoms with Crippen LogP contribution in [0, 0.1) is 5.92 Å². The molecular formula is C13H17ClO2. The molecule has 0 bridgehead atoms. The molecule has 2 rings (SSSR count). The first-order valence-electron chi connectivity index (χ1n) is 5.87. The Balaban J connectivity index is 1.90. The Morgan fingerprint density at radius 2 is 2.00 bits per heavy atom. The van der Waals surface area contributed by atoms with Crippen LogP contribution in [0.15, 0.2) is 18.2 Å². The minimum absolute atomic E-state index is 0.197. The fourth-order valence-corrected chi connectivity index (χ4v) is 2.34. The smallest absolute Gasteiger partial charge is 0.141 e. The van der Waals surface area contributed by atoms with Gasteiger partial charge in [0.05, 0.1) is 11.6 Å². The van der Waals surface area contributed by atoms with E-state index in [-0.39, 0.29) is 5.75 Å². The van der Waals surface area contributed by atoms with Gasteiger partial charge in [0, 0.05) is 6.07 Å². The summed E-state index contributed by atoms with van der Waals surface area (Å²) in [6, 6.07) is 4.80. The van der Waals surface area contributed by atoms with Crippen molar-refractivity contribution >= 4 is 11.6 Å². The Morgan fingerprint density at radius 1 is 1.25 bits per heavy atom. The number of phenols is 1. The summed E-state index contributed by atoms with van der Waals surface area (Å²) in [5, 5.41) is 9.90. The lowest BCUT2D eigenvalue weighted by molar-refractivity contribution is 0.208. The second-order valence-electron chi connectivity index (χ2n) is 4.43. The molecule has 2 nitrogen and oxygen atoms in total. The SMILES string of the molecule is Oc1ccc(Cl)c(OCC2CCCCC2)c1. The van der Waals surface area contributed by atoms with Crippen molar-refractivity contribution in [1.82, 2.24) is 0 Å². The first kappa shape index (κ1) is 11.6. The Hall–Kier alpha value is -0.890. The van der Waals surface area contributed by atoms with Crippen molar-refractivity contribution < 1.29 is 9.84 Å². The maximum atomic E-state index is 9.34. The van der Waals surface area contributed by atoms with Gasteiger partial charge in [-0.05, 0) is 30.9 Å². The number of aromatic hydroxyl groups is 1. The van der Waals surface area contributed by atoms with E-state index in [1.54, 1.807) is 18.2 Å². The molecule has 1 N–H and O–H groups in total. The minimum atomic E-state index is 0.197.